The van der Waals surface area contributed by atoms with Crippen LogP contribution in [0.15, 0.2) is 65.6 Å². The van der Waals surface area contributed by atoms with Crippen molar-refractivity contribution >= 4 is 23.6 Å². The number of fused-ring (bicyclic) bond motifs is 3. The van der Waals surface area contributed by atoms with E-state index >= 15 is 0 Å². The predicted molar refractivity (Wildman–Crippen MR) is 166 cm³/mol. The van der Waals surface area contributed by atoms with Gasteiger partial charge >= 0.3 is 0 Å². The highest BCUT2D eigenvalue weighted by Gasteiger charge is 2.39. The van der Waals surface area contributed by atoms with Crippen LogP contribution in [0, 0.1) is 0 Å². The first-order valence-corrected chi connectivity index (χ1v) is 15.7. The van der Waals surface area contributed by atoms with Gasteiger partial charge in [-0.2, -0.15) is 4.98 Å². The minimum atomic E-state index is -0.964. The summed E-state index contributed by atoms with van der Waals surface area (Å²) >= 11 is 0. The summed E-state index contributed by atoms with van der Waals surface area (Å²) in [6.45, 7) is 0.982. The summed E-state index contributed by atoms with van der Waals surface area (Å²) in [6, 6.07) is 11.2. The van der Waals surface area contributed by atoms with E-state index in [1.54, 1.807) is 34.2 Å². The lowest BCUT2D eigenvalue weighted by molar-refractivity contribution is -0.150. The van der Waals surface area contributed by atoms with Crippen molar-refractivity contribution in [2.75, 3.05) is 19.6 Å². The molecule has 1 saturated heterocycles. The molecule has 3 aromatic heterocycles. The number of nitrogens with zero attached hydrogens (tertiary/aromatic N) is 8. The number of rotatable bonds is 7. The minimum Gasteiger partial charge on any atom is -0.348 e. The van der Waals surface area contributed by atoms with E-state index in [4.69, 9.17) is 4.52 Å². The van der Waals surface area contributed by atoms with Gasteiger partial charge in [0.05, 0.1) is 19.3 Å². The first-order chi connectivity index (χ1) is 22.9. The van der Waals surface area contributed by atoms with Gasteiger partial charge in [-0.15, -0.1) is 5.10 Å². The van der Waals surface area contributed by atoms with Gasteiger partial charge in [0.1, 0.15) is 17.8 Å². The average molecular weight is 641 g/mol. The molecule has 0 saturated carbocycles. The first kappa shape index (κ1) is 31.5. The Morgan fingerprint density at radius 3 is 2.74 bits per heavy atom. The summed E-state index contributed by atoms with van der Waals surface area (Å²) in [5.74, 6) is -0.354. The molecule has 2 aliphatic heterocycles. The summed E-state index contributed by atoms with van der Waals surface area (Å²) in [6.07, 6.45) is 7.07. The molecule has 0 spiro atoms. The Hall–Kier alpha value is -5.47. The molecular formula is C32H36N10O5. The number of hydrogen-bond acceptors (Lipinski definition) is 10. The number of pyridine rings is 1. The average Bonchev–Trinajstić information content (AvgIpc) is 3.77. The van der Waals surface area contributed by atoms with Gasteiger partial charge in [0.15, 0.2) is 0 Å². The van der Waals surface area contributed by atoms with Crippen molar-refractivity contribution in [3.63, 3.8) is 0 Å². The first-order valence-electron chi connectivity index (χ1n) is 15.7. The number of nitrogens with one attached hydrogen (secondary N) is 2. The molecule has 6 rings (SSSR count). The maximum absolute atomic E-state index is 14.1. The van der Waals surface area contributed by atoms with Gasteiger partial charge < -0.3 is 25.0 Å². The van der Waals surface area contributed by atoms with Crippen LogP contribution in [0.5, 0.6) is 0 Å². The van der Waals surface area contributed by atoms with E-state index in [1.807, 2.05) is 36.4 Å². The van der Waals surface area contributed by atoms with Gasteiger partial charge in [0.2, 0.25) is 35.3 Å². The summed E-state index contributed by atoms with van der Waals surface area (Å²) < 4.78 is 6.98. The fourth-order valence-corrected chi connectivity index (χ4v) is 5.76. The van der Waals surface area contributed by atoms with Gasteiger partial charge in [-0.05, 0) is 30.5 Å². The van der Waals surface area contributed by atoms with E-state index in [0.29, 0.717) is 43.2 Å². The van der Waals surface area contributed by atoms with E-state index in [2.05, 4.69) is 36.1 Å². The molecule has 15 heteroatoms. The third kappa shape index (κ3) is 8.04. The largest absolute Gasteiger partial charge is 0.348 e. The van der Waals surface area contributed by atoms with E-state index in [0.717, 1.165) is 11.1 Å². The van der Waals surface area contributed by atoms with E-state index in [-0.39, 0.29) is 63.2 Å². The fourth-order valence-electron chi connectivity index (χ4n) is 5.76. The van der Waals surface area contributed by atoms with Crippen molar-refractivity contribution in [1.29, 1.82) is 0 Å². The number of aryl methyl sites for hydroxylation is 2. The molecule has 4 aromatic rings. The van der Waals surface area contributed by atoms with Crippen LogP contribution in [0.1, 0.15) is 42.8 Å². The molecule has 1 aromatic carbocycles. The maximum atomic E-state index is 14.1. The topological polar surface area (TPSA) is 181 Å². The Bertz CT molecular complexity index is 1690. The predicted octanol–water partition coefficient (Wildman–Crippen LogP) is 0.923. The number of carbonyl (C=O) groups is 4. The Balaban J connectivity index is 1.15. The number of hydrogen-bond donors (Lipinski definition) is 2. The standard InChI is InChI=1S/C32H36N10O5/c43-27-10-6-14-41-20-24(37-39-41)19-34-31(45)26-21-40(15-16-42(26)32(46)25(35-27)17-22-7-2-1-3-8-22)29(44)12-4-11-28-36-30(38-47-28)23-9-5-13-33-18-23/h1-3,5,7-9,13,18,20,25-26H,4,6,10-12,14-17,19,21H2,(H,34,45)(H,35,43)/t25-,26+/m0/s1. The van der Waals surface area contributed by atoms with Gasteiger partial charge in [-0.1, -0.05) is 40.7 Å². The van der Waals surface area contributed by atoms with Crippen LogP contribution in [0.4, 0.5) is 0 Å². The maximum Gasteiger partial charge on any atom is 0.246 e. The number of aromatic nitrogens is 6. The zero-order chi connectivity index (χ0) is 32.6. The summed E-state index contributed by atoms with van der Waals surface area (Å²) in [5.41, 5.74) is 2.16. The third-order valence-electron chi connectivity index (χ3n) is 8.22. The summed E-state index contributed by atoms with van der Waals surface area (Å²) in [4.78, 5) is 65.6. The smallest absolute Gasteiger partial charge is 0.246 e. The van der Waals surface area contributed by atoms with Gasteiger partial charge in [-0.25, -0.2) is 0 Å². The minimum absolute atomic E-state index is 0.0147. The molecule has 1 fully saturated rings. The second-order valence-electron chi connectivity index (χ2n) is 11.6. The molecule has 0 unspecified atom stereocenters. The van der Waals surface area contributed by atoms with Crippen molar-refractivity contribution in [1.82, 2.24) is 50.6 Å². The Labute approximate surface area is 270 Å². The Morgan fingerprint density at radius 2 is 1.91 bits per heavy atom. The van der Waals surface area contributed by atoms with Crippen LogP contribution in [0.25, 0.3) is 11.4 Å². The molecule has 0 radical (unpaired) electrons. The Morgan fingerprint density at radius 1 is 1.04 bits per heavy atom. The second kappa shape index (κ2) is 14.7. The molecule has 15 nitrogen and oxygen atoms in total. The number of piperazine rings is 1. The number of carbonyl (C=O) groups excluding carboxylic acids is 4. The van der Waals surface area contributed by atoms with Crippen LogP contribution < -0.4 is 10.6 Å². The van der Waals surface area contributed by atoms with Crippen molar-refractivity contribution < 1.29 is 23.7 Å². The van der Waals surface area contributed by atoms with Crippen LogP contribution in [0.2, 0.25) is 0 Å². The number of amides is 4. The molecule has 4 amide bonds. The lowest BCUT2D eigenvalue weighted by Crippen LogP contribution is -2.64. The SMILES string of the molecule is O=C1CCCn2cc(nn2)CNC(=O)[C@H]2CN(C(=O)CCCc3nc(-c4cccnc4)no3)CCN2C(=O)[C@H](Cc2ccccc2)N1. The van der Waals surface area contributed by atoms with E-state index in [9.17, 15) is 19.2 Å². The van der Waals surface area contributed by atoms with E-state index in [1.165, 1.54) is 4.90 Å². The highest BCUT2D eigenvalue weighted by Crippen LogP contribution is 2.18. The van der Waals surface area contributed by atoms with Gasteiger partial charge in [0, 0.05) is 63.3 Å². The van der Waals surface area contributed by atoms with Crippen LogP contribution in [0.3, 0.4) is 0 Å². The highest BCUT2D eigenvalue weighted by molar-refractivity contribution is 5.93. The second-order valence-corrected chi connectivity index (χ2v) is 11.6. The normalized spacial score (nSPS) is 19.3. The zero-order valence-corrected chi connectivity index (χ0v) is 25.8. The molecule has 0 aliphatic carbocycles. The molecule has 2 bridgehead atoms. The monoisotopic (exact) mass is 640 g/mol. The molecule has 47 heavy (non-hydrogen) atoms. The van der Waals surface area contributed by atoms with Gasteiger partial charge in [-0.3, -0.25) is 28.8 Å². The van der Waals surface area contributed by atoms with Crippen LogP contribution in [-0.2, 0) is 45.1 Å². The van der Waals surface area contributed by atoms with Crippen LogP contribution >= 0.6 is 0 Å². The lowest BCUT2D eigenvalue weighted by atomic mass is 10.0. The highest BCUT2D eigenvalue weighted by atomic mass is 16.5. The van der Waals surface area contributed by atoms with E-state index < -0.39 is 18.0 Å². The molecule has 2 N–H and O–H groups in total. The van der Waals surface area contributed by atoms with Gasteiger partial charge in [0.25, 0.3) is 0 Å². The fraction of sp³-hybridized carbons (Fsp3) is 0.406. The van der Waals surface area contributed by atoms with Crippen molar-refractivity contribution in [3.8, 4) is 11.4 Å². The van der Waals surface area contributed by atoms with Crippen LogP contribution in [-0.4, -0.2) is 95.3 Å². The molecular weight excluding hydrogens is 604 g/mol. The lowest BCUT2D eigenvalue weighted by Gasteiger charge is -2.42. The van der Waals surface area contributed by atoms with Crippen molar-refractivity contribution in [3.05, 3.63) is 78.2 Å². The van der Waals surface area contributed by atoms with Crippen molar-refractivity contribution in [2.24, 2.45) is 0 Å². The molecule has 2 atom stereocenters. The third-order valence-corrected chi connectivity index (χ3v) is 8.22. The van der Waals surface area contributed by atoms with Crippen molar-refractivity contribution in [2.45, 2.75) is 63.7 Å². The zero-order valence-electron chi connectivity index (χ0n) is 25.8. The molecule has 5 heterocycles. The summed E-state index contributed by atoms with van der Waals surface area (Å²) in [5, 5.41) is 18.0. The number of benzene rings is 1. The summed E-state index contributed by atoms with van der Waals surface area (Å²) in [7, 11) is 0. The quantitative estimate of drug-likeness (QED) is 0.295. The Kier molecular flexibility index (Phi) is 9.89. The molecule has 244 valence electrons. The molecule has 2 aliphatic rings.